The van der Waals surface area contributed by atoms with E-state index in [0.717, 1.165) is 12.2 Å². The Morgan fingerprint density at radius 2 is 1.28 bits per heavy atom. The number of hydrogen-bond acceptors (Lipinski definition) is 8. The molecule has 0 aromatic carbocycles. The zero-order chi connectivity index (χ0) is 19.1. The van der Waals surface area contributed by atoms with E-state index in [2.05, 4.69) is 4.74 Å². The number of carboxylic acids is 2. The Labute approximate surface area is 143 Å². The van der Waals surface area contributed by atoms with Crippen LogP contribution in [0.3, 0.4) is 0 Å². The van der Waals surface area contributed by atoms with Crippen LogP contribution in [-0.2, 0) is 38.1 Å². The van der Waals surface area contributed by atoms with Crippen molar-refractivity contribution < 1.29 is 48.3 Å². The van der Waals surface area contributed by atoms with E-state index in [1.807, 2.05) is 0 Å². The van der Waals surface area contributed by atoms with Crippen LogP contribution in [0.4, 0.5) is 0 Å². The van der Waals surface area contributed by atoms with E-state index in [4.69, 9.17) is 24.4 Å². The fraction of sp³-hybridized carbons (Fsp3) is 0.467. The molecule has 1 unspecified atom stereocenters. The number of aliphatic carboxylic acids is 2. The van der Waals surface area contributed by atoms with Gasteiger partial charge in [-0.15, -0.1) is 0 Å². The summed E-state index contributed by atoms with van der Waals surface area (Å²) in [7, 11) is 0. The molecule has 0 aromatic rings. The van der Waals surface area contributed by atoms with Crippen LogP contribution in [0.25, 0.3) is 0 Å². The summed E-state index contributed by atoms with van der Waals surface area (Å²) in [5.41, 5.74) is 0. The van der Waals surface area contributed by atoms with Gasteiger partial charge in [-0.1, -0.05) is 0 Å². The van der Waals surface area contributed by atoms with Crippen molar-refractivity contribution in [3.63, 3.8) is 0 Å². The zero-order valence-electron chi connectivity index (χ0n) is 13.6. The molecule has 0 saturated heterocycles. The molecule has 0 heterocycles. The van der Waals surface area contributed by atoms with Gasteiger partial charge in [0.05, 0.1) is 25.9 Å². The minimum absolute atomic E-state index is 0.0387. The monoisotopic (exact) mass is 360 g/mol. The summed E-state index contributed by atoms with van der Waals surface area (Å²) in [6.45, 7) is 2.05. The number of carboxylic acid groups (broad SMARTS) is 2. The van der Waals surface area contributed by atoms with Crippen molar-refractivity contribution in [2.45, 2.75) is 13.0 Å². The first kappa shape index (κ1) is 22.3. The van der Waals surface area contributed by atoms with E-state index in [0.29, 0.717) is 12.2 Å². The number of carbonyl (C=O) groups is 4. The molecule has 0 aliphatic heterocycles. The van der Waals surface area contributed by atoms with Gasteiger partial charge in [0.1, 0.15) is 13.2 Å². The molecule has 0 bridgehead atoms. The Balaban J connectivity index is 3.60. The van der Waals surface area contributed by atoms with E-state index in [-0.39, 0.29) is 39.1 Å². The van der Waals surface area contributed by atoms with E-state index in [9.17, 15) is 19.2 Å². The van der Waals surface area contributed by atoms with Crippen molar-refractivity contribution in [1.29, 1.82) is 0 Å². The van der Waals surface area contributed by atoms with Gasteiger partial charge in [0, 0.05) is 24.3 Å². The Bertz CT molecular complexity index is 508. The molecule has 2 N–H and O–H groups in total. The van der Waals surface area contributed by atoms with Gasteiger partial charge >= 0.3 is 23.9 Å². The summed E-state index contributed by atoms with van der Waals surface area (Å²) in [6.07, 6.45) is 2.62. The van der Waals surface area contributed by atoms with E-state index in [1.54, 1.807) is 6.92 Å². The first-order chi connectivity index (χ1) is 11.8. The minimum Gasteiger partial charge on any atom is -0.478 e. The highest BCUT2D eigenvalue weighted by molar-refractivity contribution is 5.91. The Morgan fingerprint density at radius 1 is 0.800 bits per heavy atom. The zero-order valence-corrected chi connectivity index (χ0v) is 13.6. The SMILES string of the molecule is CC(COCCOC(=O)/C=C/C(=O)O)OCCOC(=O)/C=C/C(=O)O. The summed E-state index contributed by atoms with van der Waals surface area (Å²) in [5, 5.41) is 16.6. The molecular weight excluding hydrogens is 340 g/mol. The summed E-state index contributed by atoms with van der Waals surface area (Å²) in [4.78, 5) is 42.4. The number of esters is 2. The molecule has 0 aliphatic rings. The summed E-state index contributed by atoms with van der Waals surface area (Å²) >= 11 is 0. The maximum atomic E-state index is 11.0. The van der Waals surface area contributed by atoms with Crippen LogP contribution < -0.4 is 0 Å². The molecule has 10 nitrogen and oxygen atoms in total. The van der Waals surface area contributed by atoms with Gasteiger partial charge in [-0.25, -0.2) is 19.2 Å². The molecule has 1 atom stereocenters. The molecule has 0 aromatic heterocycles. The number of hydrogen-bond donors (Lipinski definition) is 2. The van der Waals surface area contributed by atoms with Crippen molar-refractivity contribution in [2.24, 2.45) is 0 Å². The van der Waals surface area contributed by atoms with Crippen molar-refractivity contribution in [1.82, 2.24) is 0 Å². The molecule has 0 radical (unpaired) electrons. The van der Waals surface area contributed by atoms with Crippen molar-refractivity contribution in [3.05, 3.63) is 24.3 Å². The molecule has 0 saturated carbocycles. The predicted octanol–water partition coefficient (Wildman–Crippen LogP) is -0.224. The summed E-state index contributed by atoms with van der Waals surface area (Å²) in [5.74, 6) is -4.06. The van der Waals surface area contributed by atoms with Crippen LogP contribution in [0.2, 0.25) is 0 Å². The molecular formula is C15H20O10. The van der Waals surface area contributed by atoms with Gasteiger partial charge in [0.25, 0.3) is 0 Å². The van der Waals surface area contributed by atoms with Gasteiger partial charge in [0.2, 0.25) is 0 Å². The number of rotatable bonds is 13. The predicted molar refractivity (Wildman–Crippen MR) is 81.7 cm³/mol. The molecule has 25 heavy (non-hydrogen) atoms. The van der Waals surface area contributed by atoms with E-state index >= 15 is 0 Å². The van der Waals surface area contributed by atoms with E-state index in [1.165, 1.54) is 0 Å². The topological polar surface area (TPSA) is 146 Å². The van der Waals surface area contributed by atoms with Gasteiger partial charge in [-0.2, -0.15) is 0 Å². The Morgan fingerprint density at radius 3 is 1.76 bits per heavy atom. The van der Waals surface area contributed by atoms with Crippen molar-refractivity contribution in [2.75, 3.05) is 33.0 Å². The fourth-order valence-electron chi connectivity index (χ4n) is 1.27. The highest BCUT2D eigenvalue weighted by atomic mass is 16.6. The molecule has 0 rings (SSSR count). The Hall–Kier alpha value is -2.72. The second-order valence-electron chi connectivity index (χ2n) is 4.43. The molecule has 0 fully saturated rings. The molecule has 10 heteroatoms. The minimum atomic E-state index is -1.25. The lowest BCUT2D eigenvalue weighted by atomic mass is 10.4. The number of carbonyl (C=O) groups excluding carboxylic acids is 2. The molecule has 0 aliphatic carbocycles. The smallest absolute Gasteiger partial charge is 0.331 e. The largest absolute Gasteiger partial charge is 0.478 e. The number of ether oxygens (including phenoxy) is 4. The van der Waals surface area contributed by atoms with Crippen molar-refractivity contribution >= 4 is 23.9 Å². The first-order valence-corrected chi connectivity index (χ1v) is 7.16. The van der Waals surface area contributed by atoms with Crippen LogP contribution >= 0.6 is 0 Å². The van der Waals surface area contributed by atoms with Gasteiger partial charge < -0.3 is 29.2 Å². The highest BCUT2D eigenvalue weighted by Crippen LogP contribution is 1.93. The third kappa shape index (κ3) is 15.9. The van der Waals surface area contributed by atoms with Crippen LogP contribution in [0.1, 0.15) is 6.92 Å². The maximum Gasteiger partial charge on any atom is 0.331 e. The standard InChI is InChI=1S/C15H20O10/c1-11(23-8-9-25-15(21)5-3-13(18)19)10-22-6-7-24-14(20)4-2-12(16)17/h2-5,11H,6-10H2,1H3,(H,16,17)(H,18,19)/b4-2+,5-3+. The lowest BCUT2D eigenvalue weighted by Gasteiger charge is -2.13. The van der Waals surface area contributed by atoms with Gasteiger partial charge in [-0.3, -0.25) is 0 Å². The highest BCUT2D eigenvalue weighted by Gasteiger charge is 2.04. The molecule has 0 amide bonds. The second-order valence-corrected chi connectivity index (χ2v) is 4.43. The van der Waals surface area contributed by atoms with E-state index < -0.39 is 23.9 Å². The van der Waals surface area contributed by atoms with Crippen LogP contribution in [-0.4, -0.2) is 73.2 Å². The summed E-state index contributed by atoms with van der Waals surface area (Å²) in [6, 6.07) is 0. The summed E-state index contributed by atoms with van der Waals surface area (Å²) < 4.78 is 19.8. The average molecular weight is 360 g/mol. The van der Waals surface area contributed by atoms with Gasteiger partial charge in [0.15, 0.2) is 0 Å². The molecule has 140 valence electrons. The van der Waals surface area contributed by atoms with Crippen LogP contribution in [0, 0.1) is 0 Å². The third-order valence-corrected chi connectivity index (χ3v) is 2.28. The maximum absolute atomic E-state index is 11.0. The normalized spacial score (nSPS) is 12.2. The lowest BCUT2D eigenvalue weighted by Crippen LogP contribution is -2.21. The second kappa shape index (κ2) is 13.7. The van der Waals surface area contributed by atoms with Gasteiger partial charge in [-0.05, 0) is 6.92 Å². The quantitative estimate of drug-likeness (QED) is 0.257. The Kier molecular flexibility index (Phi) is 12.2. The fourth-order valence-corrected chi connectivity index (χ4v) is 1.27. The van der Waals surface area contributed by atoms with Crippen LogP contribution in [0.5, 0.6) is 0 Å². The lowest BCUT2D eigenvalue weighted by molar-refractivity contribution is -0.142. The van der Waals surface area contributed by atoms with Crippen LogP contribution in [0.15, 0.2) is 24.3 Å². The average Bonchev–Trinajstić information content (AvgIpc) is 2.54. The third-order valence-electron chi connectivity index (χ3n) is 2.28. The molecule has 0 spiro atoms. The van der Waals surface area contributed by atoms with Crippen molar-refractivity contribution in [3.8, 4) is 0 Å². The first-order valence-electron chi connectivity index (χ1n) is 7.16.